The minimum Gasteiger partial charge on any atom is -0.548 e. The highest BCUT2D eigenvalue weighted by Crippen LogP contribution is 2.18. The lowest BCUT2D eigenvalue weighted by Crippen LogP contribution is -2.30. The molecule has 0 fully saturated rings. The lowest BCUT2D eigenvalue weighted by atomic mass is 10.2. The zero-order chi connectivity index (χ0) is 19.2. The van der Waals surface area contributed by atoms with E-state index >= 15 is 0 Å². The molecule has 8 heteroatoms. The van der Waals surface area contributed by atoms with E-state index in [1.165, 1.54) is 0 Å². The first-order valence-electron chi connectivity index (χ1n) is 8.39. The maximum atomic E-state index is 11.9. The van der Waals surface area contributed by atoms with Crippen molar-refractivity contribution in [1.82, 2.24) is 0 Å². The van der Waals surface area contributed by atoms with E-state index in [9.17, 15) is 9.59 Å². The number of carbonyl (C=O) groups is 2. The third-order valence-electron chi connectivity index (χ3n) is 2.35. The fourth-order valence-corrected chi connectivity index (χ4v) is 4.31. The Labute approximate surface area is 150 Å². The summed E-state index contributed by atoms with van der Waals surface area (Å²) < 4.78 is 16.9. The number of rotatable bonds is 9. The average molecular weight is 391 g/mol. The molecule has 0 saturated carbocycles. The maximum absolute atomic E-state index is 11.9. The quantitative estimate of drug-likeness (QED) is 0.423. The van der Waals surface area contributed by atoms with Gasteiger partial charge in [0.25, 0.3) is 11.9 Å². The van der Waals surface area contributed by atoms with Gasteiger partial charge in [-0.1, -0.05) is 0 Å². The molecule has 0 aromatic heterocycles. The molecule has 0 N–H and O–H groups in total. The van der Waals surface area contributed by atoms with Crippen LogP contribution in [-0.2, 0) is 22.9 Å². The van der Waals surface area contributed by atoms with Crippen LogP contribution in [0.3, 0.4) is 0 Å². The zero-order valence-corrected chi connectivity index (χ0v) is 19.7. The van der Waals surface area contributed by atoms with Gasteiger partial charge in [-0.3, -0.25) is 9.59 Å². The van der Waals surface area contributed by atoms with Crippen LogP contribution in [0, 0.1) is 0 Å². The molecule has 0 aromatic rings. The molecular formula is C16H34O5Si3. The average Bonchev–Trinajstić information content (AvgIpc) is 2.26. The zero-order valence-electron chi connectivity index (χ0n) is 16.7. The Kier molecular flexibility index (Phi) is 8.68. The molecule has 0 aliphatic rings. The molecule has 24 heavy (non-hydrogen) atoms. The van der Waals surface area contributed by atoms with Gasteiger partial charge in [0.1, 0.15) is 0 Å². The summed E-state index contributed by atoms with van der Waals surface area (Å²) in [5, 5.41) is 0. The van der Waals surface area contributed by atoms with E-state index in [4.69, 9.17) is 13.3 Å². The number of hydrogen-bond donors (Lipinski definition) is 0. The van der Waals surface area contributed by atoms with Crippen molar-refractivity contribution in [2.75, 3.05) is 0 Å². The predicted molar refractivity (Wildman–Crippen MR) is 105 cm³/mol. The van der Waals surface area contributed by atoms with Crippen molar-refractivity contribution < 1.29 is 22.9 Å². The third-order valence-corrected chi connectivity index (χ3v) is 4.90. The topological polar surface area (TPSA) is 61.8 Å². The molecule has 0 atom stereocenters. The smallest absolute Gasteiger partial charge is 0.296 e. The lowest BCUT2D eigenvalue weighted by molar-refractivity contribution is -0.135. The first-order chi connectivity index (χ1) is 10.6. The van der Waals surface area contributed by atoms with Crippen LogP contribution in [0.5, 0.6) is 0 Å². The highest BCUT2D eigenvalue weighted by atomic mass is 28.4. The maximum Gasteiger partial charge on any atom is 0.296 e. The Morgan fingerprint density at radius 1 is 0.667 bits per heavy atom. The first-order valence-corrected chi connectivity index (χ1v) is 18.6. The molecule has 0 radical (unpaired) electrons. The van der Waals surface area contributed by atoms with Gasteiger partial charge in [-0.15, -0.1) is 0 Å². The molecule has 5 nitrogen and oxygen atoms in total. The monoisotopic (exact) mass is 390 g/mol. The molecule has 0 heterocycles. The molecule has 0 spiro atoms. The Morgan fingerprint density at radius 2 is 1.08 bits per heavy atom. The van der Waals surface area contributed by atoms with Crippen molar-refractivity contribution in [3.8, 4) is 0 Å². The molecule has 0 aliphatic carbocycles. The van der Waals surface area contributed by atoms with Gasteiger partial charge in [0, 0.05) is 6.42 Å². The molecule has 0 aromatic carbocycles. The second-order valence-electron chi connectivity index (χ2n) is 8.76. The molecule has 0 amide bonds. The minimum absolute atomic E-state index is 0.174. The van der Waals surface area contributed by atoms with E-state index in [1.807, 2.05) is 39.3 Å². The molecule has 0 rings (SSSR count). The fraction of sp³-hybridized carbons (Fsp3) is 0.750. The molecule has 0 saturated heterocycles. The van der Waals surface area contributed by atoms with Gasteiger partial charge in [0.15, 0.2) is 0 Å². The van der Waals surface area contributed by atoms with Crippen molar-refractivity contribution in [3.05, 3.63) is 11.8 Å². The van der Waals surface area contributed by atoms with Crippen LogP contribution < -0.4 is 0 Å². The van der Waals surface area contributed by atoms with Crippen LogP contribution in [0.15, 0.2) is 11.8 Å². The molecule has 0 unspecified atom stereocenters. The van der Waals surface area contributed by atoms with Crippen LogP contribution in [0.4, 0.5) is 0 Å². The van der Waals surface area contributed by atoms with Crippen LogP contribution in [0.25, 0.3) is 0 Å². The van der Waals surface area contributed by atoms with Gasteiger partial charge >= 0.3 is 0 Å². The summed E-state index contributed by atoms with van der Waals surface area (Å²) in [4.78, 5) is 23.8. The van der Waals surface area contributed by atoms with Gasteiger partial charge in [0.2, 0.25) is 25.0 Å². The Hall–Kier alpha value is -0.869. The van der Waals surface area contributed by atoms with Gasteiger partial charge in [-0.25, -0.2) is 0 Å². The van der Waals surface area contributed by atoms with Crippen LogP contribution in [0.2, 0.25) is 58.9 Å². The van der Waals surface area contributed by atoms with Crippen LogP contribution in [-0.4, -0.2) is 36.9 Å². The molecular weight excluding hydrogens is 356 g/mol. The summed E-state index contributed by atoms with van der Waals surface area (Å²) in [6.45, 7) is 18.1. The van der Waals surface area contributed by atoms with E-state index in [0.717, 1.165) is 0 Å². The van der Waals surface area contributed by atoms with Gasteiger partial charge in [-0.05, 0) is 65.0 Å². The fourth-order valence-electron chi connectivity index (χ4n) is 1.79. The largest absolute Gasteiger partial charge is 0.548 e. The first kappa shape index (κ1) is 23.1. The molecule has 140 valence electrons. The summed E-state index contributed by atoms with van der Waals surface area (Å²) in [7, 11) is -5.57. The summed E-state index contributed by atoms with van der Waals surface area (Å²) in [5.74, 6) is 0.244. The Bertz CT molecular complexity index is 468. The van der Waals surface area contributed by atoms with Crippen molar-refractivity contribution in [2.24, 2.45) is 0 Å². The predicted octanol–water partition coefficient (Wildman–Crippen LogP) is 4.65. The van der Waals surface area contributed by atoms with Gasteiger partial charge in [0.05, 0.1) is 18.6 Å². The Balaban J connectivity index is 4.78. The highest BCUT2D eigenvalue weighted by Gasteiger charge is 2.23. The summed E-state index contributed by atoms with van der Waals surface area (Å²) in [6.07, 6.45) is 2.65. The minimum atomic E-state index is -1.88. The lowest BCUT2D eigenvalue weighted by Gasteiger charge is -2.23. The highest BCUT2D eigenvalue weighted by molar-refractivity contribution is 6.71. The molecule has 0 aliphatic heterocycles. The SMILES string of the molecule is C[Si](C)(C)OC(=O)C/C=C(/CCC(=O)O[Si](C)(C)C)O[Si](C)(C)C. The van der Waals surface area contributed by atoms with Crippen molar-refractivity contribution in [2.45, 2.75) is 78.2 Å². The van der Waals surface area contributed by atoms with Crippen molar-refractivity contribution in [3.63, 3.8) is 0 Å². The van der Waals surface area contributed by atoms with E-state index < -0.39 is 25.0 Å². The van der Waals surface area contributed by atoms with E-state index in [0.29, 0.717) is 12.2 Å². The normalized spacial score (nSPS) is 13.5. The van der Waals surface area contributed by atoms with Crippen molar-refractivity contribution in [1.29, 1.82) is 0 Å². The third kappa shape index (κ3) is 14.7. The van der Waals surface area contributed by atoms with E-state index in [2.05, 4.69) is 19.6 Å². The van der Waals surface area contributed by atoms with Crippen molar-refractivity contribution >= 4 is 36.9 Å². The number of carbonyl (C=O) groups excluding carboxylic acids is 2. The summed E-state index contributed by atoms with van der Waals surface area (Å²) in [5.41, 5.74) is 0. The van der Waals surface area contributed by atoms with Gasteiger partial charge in [-0.2, -0.15) is 0 Å². The van der Waals surface area contributed by atoms with E-state index in [-0.39, 0.29) is 24.8 Å². The standard InChI is InChI=1S/C16H34O5Si3/c1-22(2,3)19-14(10-12-15(17)20-23(4,5)6)11-13-16(18)21-24(7,8)9/h10H,11-13H2,1-9H3/b14-10-. The van der Waals surface area contributed by atoms with Crippen LogP contribution >= 0.6 is 0 Å². The van der Waals surface area contributed by atoms with E-state index in [1.54, 1.807) is 6.08 Å². The Morgan fingerprint density at radius 3 is 1.50 bits per heavy atom. The second kappa shape index (κ2) is 9.00. The summed E-state index contributed by atoms with van der Waals surface area (Å²) in [6, 6.07) is 0. The second-order valence-corrected chi connectivity index (χ2v) is 22.0. The van der Waals surface area contributed by atoms with Gasteiger partial charge < -0.3 is 13.3 Å². The summed E-state index contributed by atoms with van der Waals surface area (Å²) >= 11 is 0. The number of allylic oxidation sites excluding steroid dienone is 1. The number of hydrogen-bond acceptors (Lipinski definition) is 5. The van der Waals surface area contributed by atoms with Crippen LogP contribution in [0.1, 0.15) is 19.3 Å². The molecule has 0 bridgehead atoms.